The zero-order valence-electron chi connectivity index (χ0n) is 20.6. The first-order valence-corrected chi connectivity index (χ1v) is 12.5. The van der Waals surface area contributed by atoms with Crippen molar-refractivity contribution in [3.63, 3.8) is 0 Å². The summed E-state index contributed by atoms with van der Waals surface area (Å²) in [6, 6.07) is 28.5. The molecule has 0 aromatic heterocycles. The minimum atomic E-state index is 0.0647. The lowest BCUT2D eigenvalue weighted by atomic mass is 9.87. The Morgan fingerprint density at radius 1 is 0.647 bits per heavy atom. The molecule has 0 atom stereocenters. The molecule has 0 aliphatic rings. The lowest BCUT2D eigenvalue weighted by Crippen LogP contribution is -2.21. The van der Waals surface area contributed by atoms with Gasteiger partial charge in [-0.2, -0.15) is 0 Å². The number of rotatable bonds is 14. The van der Waals surface area contributed by atoms with Gasteiger partial charge in [0.15, 0.2) is 0 Å². The van der Waals surface area contributed by atoms with Crippen molar-refractivity contribution < 1.29 is 9.59 Å². The number of nitrogens with zero attached hydrogens (tertiary/aromatic N) is 1. The minimum Gasteiger partial charge on any atom is -0.372 e. The summed E-state index contributed by atoms with van der Waals surface area (Å²) in [7, 11) is 0. The topological polar surface area (TPSA) is 37.4 Å². The Hall–Kier alpha value is -3.20. The summed E-state index contributed by atoms with van der Waals surface area (Å²) in [4.78, 5) is 28.0. The van der Waals surface area contributed by atoms with Gasteiger partial charge in [0.05, 0.1) is 0 Å². The molecule has 34 heavy (non-hydrogen) atoms. The van der Waals surface area contributed by atoms with Crippen LogP contribution in [0.2, 0.25) is 0 Å². The number of carbonyl (C=O) groups excluding carboxylic acids is 2. The van der Waals surface area contributed by atoms with Gasteiger partial charge in [-0.05, 0) is 61.4 Å². The van der Waals surface area contributed by atoms with E-state index in [1.807, 2.05) is 60.7 Å². The Bertz CT molecular complexity index is 953. The molecule has 3 aromatic rings. The van der Waals surface area contributed by atoms with E-state index in [-0.39, 0.29) is 17.5 Å². The van der Waals surface area contributed by atoms with E-state index in [4.69, 9.17) is 0 Å². The van der Waals surface area contributed by atoms with Gasteiger partial charge in [-0.15, -0.1) is 0 Å². The van der Waals surface area contributed by atoms with Gasteiger partial charge in [-0.3, -0.25) is 9.59 Å². The Balaban J connectivity index is 1.62. The van der Waals surface area contributed by atoms with Crippen molar-refractivity contribution in [2.24, 2.45) is 5.92 Å². The molecule has 3 nitrogen and oxygen atoms in total. The number of aryl methyl sites for hydroxylation is 1. The van der Waals surface area contributed by atoms with Crippen molar-refractivity contribution in [1.82, 2.24) is 0 Å². The predicted octanol–water partition coefficient (Wildman–Crippen LogP) is 6.49. The maximum Gasteiger partial charge on any atom is 0.137 e. The van der Waals surface area contributed by atoms with Crippen LogP contribution in [0.5, 0.6) is 0 Å². The van der Waals surface area contributed by atoms with Gasteiger partial charge >= 0.3 is 0 Å². The SMILES string of the molecule is CCN(CC)c1ccc(CCC(CC(=O)Cc2ccccc2)CC(=O)Cc2ccccc2)cc1. The average molecular weight is 456 g/mol. The van der Waals surface area contributed by atoms with E-state index >= 15 is 0 Å². The van der Waals surface area contributed by atoms with Crippen LogP contribution in [0.15, 0.2) is 84.9 Å². The number of carbonyl (C=O) groups is 2. The molecule has 0 aliphatic carbocycles. The van der Waals surface area contributed by atoms with Crippen LogP contribution < -0.4 is 4.90 Å². The number of Topliss-reactive ketones (excluding diaryl/α,β-unsaturated/α-hetero) is 2. The first-order chi connectivity index (χ1) is 16.6. The molecule has 0 unspecified atom stereocenters. The van der Waals surface area contributed by atoms with E-state index in [0.717, 1.165) is 37.1 Å². The van der Waals surface area contributed by atoms with E-state index in [1.54, 1.807) is 0 Å². The van der Waals surface area contributed by atoms with Crippen LogP contribution >= 0.6 is 0 Å². The van der Waals surface area contributed by atoms with Crippen LogP contribution in [0.4, 0.5) is 5.69 Å². The molecule has 3 rings (SSSR count). The van der Waals surface area contributed by atoms with Crippen LogP contribution in [-0.4, -0.2) is 24.7 Å². The molecule has 3 aromatic carbocycles. The van der Waals surface area contributed by atoms with Crippen LogP contribution in [0, 0.1) is 5.92 Å². The summed E-state index contributed by atoms with van der Waals surface area (Å²) in [5.74, 6) is 0.482. The second-order valence-electron chi connectivity index (χ2n) is 9.05. The largest absolute Gasteiger partial charge is 0.372 e. The molecule has 0 saturated carbocycles. The third kappa shape index (κ3) is 8.30. The van der Waals surface area contributed by atoms with Crippen LogP contribution in [0.3, 0.4) is 0 Å². The zero-order chi connectivity index (χ0) is 24.2. The number of hydrogen-bond acceptors (Lipinski definition) is 3. The Morgan fingerprint density at radius 2 is 1.12 bits per heavy atom. The second-order valence-corrected chi connectivity index (χ2v) is 9.05. The number of anilines is 1. The van der Waals surface area contributed by atoms with Gasteiger partial charge in [0.2, 0.25) is 0 Å². The van der Waals surface area contributed by atoms with Gasteiger partial charge in [-0.25, -0.2) is 0 Å². The van der Waals surface area contributed by atoms with Crippen molar-refractivity contribution in [2.75, 3.05) is 18.0 Å². The van der Waals surface area contributed by atoms with Gasteiger partial charge in [0.1, 0.15) is 11.6 Å². The van der Waals surface area contributed by atoms with E-state index < -0.39 is 0 Å². The maximum atomic E-state index is 12.8. The lowest BCUT2D eigenvalue weighted by Gasteiger charge is -2.21. The van der Waals surface area contributed by atoms with Crippen LogP contribution in [-0.2, 0) is 28.9 Å². The summed E-state index contributed by atoms with van der Waals surface area (Å²) in [5.41, 5.74) is 4.57. The highest BCUT2D eigenvalue weighted by molar-refractivity contribution is 5.84. The smallest absolute Gasteiger partial charge is 0.137 e. The second kappa shape index (κ2) is 13.5. The van der Waals surface area contributed by atoms with Crippen molar-refractivity contribution in [2.45, 2.75) is 52.4 Å². The van der Waals surface area contributed by atoms with Crippen molar-refractivity contribution >= 4 is 17.3 Å². The molecule has 178 valence electrons. The molecule has 0 spiro atoms. The summed E-state index contributed by atoms with van der Waals surface area (Å²) in [5, 5.41) is 0. The quantitative estimate of drug-likeness (QED) is 0.279. The van der Waals surface area contributed by atoms with Crippen LogP contribution in [0.1, 0.15) is 49.8 Å². The maximum absolute atomic E-state index is 12.8. The molecular weight excluding hydrogens is 418 g/mol. The first kappa shape index (κ1) is 25.4. The molecule has 0 amide bonds. The predicted molar refractivity (Wildman–Crippen MR) is 141 cm³/mol. The van der Waals surface area contributed by atoms with Crippen molar-refractivity contribution in [3.05, 3.63) is 102 Å². The fraction of sp³-hybridized carbons (Fsp3) is 0.355. The highest BCUT2D eigenvalue weighted by atomic mass is 16.1. The third-order valence-corrected chi connectivity index (χ3v) is 6.43. The van der Waals surface area contributed by atoms with E-state index in [1.165, 1.54) is 11.3 Å². The Morgan fingerprint density at radius 3 is 1.56 bits per heavy atom. The molecule has 0 aliphatic heterocycles. The lowest BCUT2D eigenvalue weighted by molar-refractivity contribution is -0.121. The van der Waals surface area contributed by atoms with Gasteiger partial charge in [0, 0.05) is 44.5 Å². The highest BCUT2D eigenvalue weighted by Crippen LogP contribution is 2.22. The summed E-state index contributed by atoms with van der Waals surface area (Å²) >= 11 is 0. The molecular formula is C31H37NO2. The molecule has 0 fully saturated rings. The van der Waals surface area contributed by atoms with Crippen LogP contribution in [0.25, 0.3) is 0 Å². The zero-order valence-corrected chi connectivity index (χ0v) is 20.6. The highest BCUT2D eigenvalue weighted by Gasteiger charge is 2.18. The van der Waals surface area contributed by atoms with Gasteiger partial charge in [0.25, 0.3) is 0 Å². The average Bonchev–Trinajstić information content (AvgIpc) is 2.85. The fourth-order valence-electron chi connectivity index (χ4n) is 4.54. The molecule has 3 heteroatoms. The fourth-order valence-corrected chi connectivity index (χ4v) is 4.54. The summed E-state index contributed by atoms with van der Waals surface area (Å²) < 4.78 is 0. The number of ketones is 2. The summed E-state index contributed by atoms with van der Waals surface area (Å²) in [6.07, 6.45) is 3.48. The Kier molecular flexibility index (Phi) is 10.1. The van der Waals surface area contributed by atoms with Gasteiger partial charge in [-0.1, -0.05) is 72.8 Å². The van der Waals surface area contributed by atoms with E-state index in [2.05, 4.69) is 43.0 Å². The van der Waals surface area contributed by atoms with E-state index in [9.17, 15) is 9.59 Å². The molecule has 0 radical (unpaired) electrons. The minimum absolute atomic E-state index is 0.0647. The summed E-state index contributed by atoms with van der Waals surface area (Å²) in [6.45, 7) is 6.32. The van der Waals surface area contributed by atoms with Crippen molar-refractivity contribution in [3.8, 4) is 0 Å². The van der Waals surface area contributed by atoms with Crippen molar-refractivity contribution in [1.29, 1.82) is 0 Å². The first-order valence-electron chi connectivity index (χ1n) is 12.5. The number of benzene rings is 3. The monoisotopic (exact) mass is 455 g/mol. The molecule has 0 bridgehead atoms. The molecule has 0 saturated heterocycles. The van der Waals surface area contributed by atoms with Gasteiger partial charge < -0.3 is 4.90 Å². The third-order valence-electron chi connectivity index (χ3n) is 6.43. The standard InChI is InChI=1S/C31H37NO2/c1-3-32(4-2)29-19-17-25(18-20-29)15-16-28(23-30(33)21-26-11-7-5-8-12-26)24-31(34)22-27-13-9-6-10-14-27/h5-14,17-20,28H,3-4,15-16,21-24H2,1-2H3. The molecule has 0 N–H and O–H groups in total. The normalized spacial score (nSPS) is 10.9. The van der Waals surface area contributed by atoms with E-state index in [0.29, 0.717) is 25.7 Å². The molecule has 0 heterocycles. The number of hydrogen-bond donors (Lipinski definition) is 0. The Labute approximate surface area is 204 Å².